The van der Waals surface area contributed by atoms with Gasteiger partial charge in [-0.3, -0.25) is 9.59 Å². The Balaban J connectivity index is 2.90. The molecule has 1 saturated heterocycles. The largest absolute Gasteiger partial charge is 0.330 e. The lowest BCUT2D eigenvalue weighted by molar-refractivity contribution is -0.748. The zero-order valence-electron chi connectivity index (χ0n) is 17.9. The van der Waals surface area contributed by atoms with Crippen LogP contribution in [0.1, 0.15) is 74.1 Å². The van der Waals surface area contributed by atoms with Crippen LogP contribution in [0.15, 0.2) is 0 Å². The number of nitrogens with zero attached hydrogens (tertiary/aromatic N) is 4. The van der Waals surface area contributed by atoms with Crippen LogP contribution >= 0.6 is 0 Å². The lowest BCUT2D eigenvalue weighted by Crippen LogP contribution is -2.51. The van der Waals surface area contributed by atoms with Gasteiger partial charge in [0.05, 0.1) is 29.5 Å². The van der Waals surface area contributed by atoms with Crippen molar-refractivity contribution in [3.63, 3.8) is 0 Å². The highest BCUT2D eigenvalue weighted by atomic mass is 16.3. The van der Waals surface area contributed by atoms with Gasteiger partial charge in [-0.15, -0.1) is 5.01 Å². The SMILES string of the molecule is CC1C(CC(=O)C(=O)N(CCC#N)C(C)(C)C)CCCN(C(C)(C)C)[N+]1=O. The molecule has 0 bridgehead atoms. The van der Waals surface area contributed by atoms with Crippen LogP contribution in [0.3, 0.4) is 0 Å². The van der Waals surface area contributed by atoms with Gasteiger partial charge in [0.1, 0.15) is 4.87 Å². The van der Waals surface area contributed by atoms with E-state index < -0.39 is 17.2 Å². The average molecular weight is 380 g/mol. The van der Waals surface area contributed by atoms with Crippen LogP contribution in [0.2, 0.25) is 0 Å². The molecule has 1 heterocycles. The van der Waals surface area contributed by atoms with Crippen LogP contribution in [0.5, 0.6) is 0 Å². The first-order valence-electron chi connectivity index (χ1n) is 9.76. The number of hydrogen-bond donors (Lipinski definition) is 0. The number of rotatable bonds is 5. The molecule has 0 radical (unpaired) electrons. The summed E-state index contributed by atoms with van der Waals surface area (Å²) < 4.78 is 0. The number of ketones is 1. The maximum atomic E-state index is 12.8. The smallest absolute Gasteiger partial charge is 0.290 e. The third-order valence-corrected chi connectivity index (χ3v) is 5.18. The van der Waals surface area contributed by atoms with Crippen molar-refractivity contribution in [2.75, 3.05) is 13.1 Å². The van der Waals surface area contributed by atoms with Crippen molar-refractivity contribution in [2.45, 2.75) is 91.3 Å². The van der Waals surface area contributed by atoms with Crippen molar-refractivity contribution >= 4 is 11.7 Å². The van der Waals surface area contributed by atoms with Crippen LogP contribution in [0.4, 0.5) is 0 Å². The predicted molar refractivity (Wildman–Crippen MR) is 104 cm³/mol. The van der Waals surface area contributed by atoms with E-state index in [1.54, 1.807) is 5.01 Å². The molecule has 27 heavy (non-hydrogen) atoms. The van der Waals surface area contributed by atoms with Crippen LogP contribution in [-0.4, -0.2) is 56.7 Å². The van der Waals surface area contributed by atoms with E-state index in [-0.39, 0.29) is 36.9 Å². The highest BCUT2D eigenvalue weighted by Crippen LogP contribution is 2.28. The minimum atomic E-state index is -0.556. The highest BCUT2D eigenvalue weighted by Gasteiger charge is 2.44. The van der Waals surface area contributed by atoms with E-state index in [0.29, 0.717) is 6.54 Å². The summed E-state index contributed by atoms with van der Waals surface area (Å²) >= 11 is 0. The summed E-state index contributed by atoms with van der Waals surface area (Å²) in [4.78, 5) is 40.7. The number of carbonyl (C=O) groups excluding carboxylic acids is 2. The molecule has 1 aliphatic heterocycles. The quantitative estimate of drug-likeness (QED) is 0.541. The van der Waals surface area contributed by atoms with Crippen molar-refractivity contribution in [1.29, 1.82) is 5.26 Å². The van der Waals surface area contributed by atoms with E-state index in [9.17, 15) is 14.5 Å². The fraction of sp³-hybridized carbons (Fsp3) is 0.850. The number of amides is 1. The molecule has 1 rings (SSSR count). The van der Waals surface area contributed by atoms with E-state index in [0.717, 1.165) is 17.7 Å². The zero-order chi connectivity index (χ0) is 21.0. The summed E-state index contributed by atoms with van der Waals surface area (Å²) in [6, 6.07) is 1.66. The lowest BCUT2D eigenvalue weighted by atomic mass is 9.90. The summed E-state index contributed by atoms with van der Waals surface area (Å²) in [7, 11) is 0. The Hall–Kier alpha value is -1.97. The standard InChI is InChI=1S/C20H35N4O3/c1-15-16(10-8-13-23(24(15)27)20(5,6)7)14-17(25)18(26)22(12-9-11-21)19(2,3)4/h15-16H,8-10,12-14H2,1-7H3/q+1. The van der Waals surface area contributed by atoms with Gasteiger partial charge in [0.25, 0.3) is 5.91 Å². The fourth-order valence-electron chi connectivity index (χ4n) is 3.53. The van der Waals surface area contributed by atoms with Gasteiger partial charge in [-0.25, -0.2) is 0 Å². The lowest BCUT2D eigenvalue weighted by Gasteiger charge is -2.35. The van der Waals surface area contributed by atoms with Gasteiger partial charge in [0.2, 0.25) is 11.8 Å². The first-order valence-corrected chi connectivity index (χ1v) is 9.76. The van der Waals surface area contributed by atoms with Crippen molar-refractivity contribution in [3.8, 4) is 6.07 Å². The van der Waals surface area contributed by atoms with Gasteiger partial charge >= 0.3 is 0 Å². The molecule has 152 valence electrons. The molecule has 0 aromatic heterocycles. The Morgan fingerprint density at radius 3 is 2.30 bits per heavy atom. The van der Waals surface area contributed by atoms with Crippen molar-refractivity contribution < 1.29 is 14.5 Å². The van der Waals surface area contributed by atoms with E-state index >= 15 is 0 Å². The summed E-state index contributed by atoms with van der Waals surface area (Å²) in [5.41, 5.74) is -0.822. The van der Waals surface area contributed by atoms with Crippen LogP contribution in [0.25, 0.3) is 0 Å². The number of nitriles is 1. The molecule has 1 amide bonds. The molecule has 0 aromatic carbocycles. The first-order chi connectivity index (χ1) is 12.3. The summed E-state index contributed by atoms with van der Waals surface area (Å²) in [6.45, 7) is 14.3. The van der Waals surface area contributed by atoms with Gasteiger partial charge in [-0.1, -0.05) is 0 Å². The second kappa shape index (κ2) is 8.81. The minimum absolute atomic E-state index is 0.0653. The predicted octanol–water partition coefficient (Wildman–Crippen LogP) is 3.08. The summed E-state index contributed by atoms with van der Waals surface area (Å²) in [5, 5.41) is 10.6. The number of hydrazine groups is 1. The maximum absolute atomic E-state index is 12.8. The van der Waals surface area contributed by atoms with Gasteiger partial charge in [0, 0.05) is 31.3 Å². The monoisotopic (exact) mass is 379 g/mol. The molecule has 0 N–H and O–H groups in total. The van der Waals surface area contributed by atoms with Gasteiger partial charge < -0.3 is 4.90 Å². The number of hydrogen-bond acceptors (Lipinski definition) is 4. The van der Waals surface area contributed by atoms with Crippen LogP contribution in [-0.2, 0) is 9.59 Å². The Labute approximate surface area is 163 Å². The maximum Gasteiger partial charge on any atom is 0.290 e. The van der Waals surface area contributed by atoms with E-state index in [2.05, 4.69) is 0 Å². The molecule has 1 aliphatic rings. The molecule has 0 aromatic rings. The molecular weight excluding hydrogens is 344 g/mol. The number of carbonyl (C=O) groups is 2. The number of nitroso groups, excluding NO2 is 1. The van der Waals surface area contributed by atoms with Crippen molar-refractivity contribution in [2.24, 2.45) is 5.92 Å². The Kier molecular flexibility index (Phi) is 7.53. The normalized spacial score (nSPS) is 21.4. The molecule has 2 unspecified atom stereocenters. The van der Waals surface area contributed by atoms with Gasteiger partial charge in [-0.2, -0.15) is 5.26 Å². The summed E-state index contributed by atoms with van der Waals surface area (Å²) in [5.74, 6) is -1.19. The Morgan fingerprint density at radius 2 is 1.81 bits per heavy atom. The molecule has 2 atom stereocenters. The molecule has 0 aliphatic carbocycles. The second-order valence-electron chi connectivity index (χ2n) is 9.40. The Morgan fingerprint density at radius 1 is 1.22 bits per heavy atom. The second-order valence-corrected chi connectivity index (χ2v) is 9.40. The van der Waals surface area contributed by atoms with Crippen molar-refractivity contribution in [1.82, 2.24) is 9.91 Å². The molecule has 0 spiro atoms. The van der Waals surface area contributed by atoms with Gasteiger partial charge in [0.15, 0.2) is 0 Å². The third kappa shape index (κ3) is 6.02. The van der Waals surface area contributed by atoms with Crippen LogP contribution < -0.4 is 0 Å². The van der Waals surface area contributed by atoms with Gasteiger partial charge in [-0.05, 0) is 54.4 Å². The topological polar surface area (TPSA) is 84.5 Å². The zero-order valence-corrected chi connectivity index (χ0v) is 17.9. The molecule has 0 saturated carbocycles. The van der Waals surface area contributed by atoms with E-state index in [1.807, 2.05) is 54.5 Å². The third-order valence-electron chi connectivity index (χ3n) is 5.18. The number of Topliss-reactive ketones (excluding diaryl/α,β-unsaturated/α-hetero) is 1. The molecule has 7 heteroatoms. The molecule has 7 nitrogen and oxygen atoms in total. The van der Waals surface area contributed by atoms with Crippen molar-refractivity contribution in [3.05, 3.63) is 4.91 Å². The van der Waals surface area contributed by atoms with E-state index in [1.165, 1.54) is 4.90 Å². The highest BCUT2D eigenvalue weighted by molar-refractivity contribution is 6.36. The minimum Gasteiger partial charge on any atom is -0.330 e. The first kappa shape index (κ1) is 23.1. The average Bonchev–Trinajstić information content (AvgIpc) is 2.66. The molecular formula is C20H35N4O3+. The Bertz CT molecular complexity index is 610. The van der Waals surface area contributed by atoms with E-state index in [4.69, 9.17) is 5.26 Å². The molecule has 1 fully saturated rings. The summed E-state index contributed by atoms with van der Waals surface area (Å²) in [6.07, 6.45) is 1.80. The van der Waals surface area contributed by atoms with Crippen LogP contribution in [0, 0.1) is 22.2 Å². The fourth-order valence-corrected chi connectivity index (χ4v) is 3.53.